The molecule has 1 amide bonds. The molecule has 2 rings (SSSR count). The maximum Gasteiger partial charge on any atom is 0.338 e. The summed E-state index contributed by atoms with van der Waals surface area (Å²) in [6, 6.07) is 3.81. The molecule has 0 radical (unpaired) electrons. The summed E-state index contributed by atoms with van der Waals surface area (Å²) >= 11 is 0. The molecule has 1 heterocycles. The number of rotatable bonds is 4. The van der Waals surface area contributed by atoms with E-state index in [4.69, 9.17) is 4.74 Å². The predicted octanol–water partition coefficient (Wildman–Crippen LogP) is 1.63. The number of ether oxygens (including phenoxy) is 1. The van der Waals surface area contributed by atoms with Crippen LogP contribution in [0.5, 0.6) is 0 Å². The number of nitrogens with one attached hydrogen (secondary N) is 1. The number of amides is 1. The zero-order valence-electron chi connectivity index (χ0n) is 13.5. The SMILES string of the molecule is CCOC(=O)c1cc(C(=O)N2CCN[C@H](C)C2)cc([N+](=O)[O-])c1.Cl. The first kappa shape index (κ1) is 19.9. The van der Waals surface area contributed by atoms with E-state index in [0.717, 1.165) is 6.07 Å². The molecule has 132 valence electrons. The molecule has 0 aliphatic carbocycles. The van der Waals surface area contributed by atoms with Crippen molar-refractivity contribution in [3.63, 3.8) is 0 Å². The van der Waals surface area contributed by atoms with Crippen molar-refractivity contribution in [1.29, 1.82) is 0 Å². The average Bonchev–Trinajstić information content (AvgIpc) is 2.54. The minimum absolute atomic E-state index is 0. The summed E-state index contributed by atoms with van der Waals surface area (Å²) in [6.07, 6.45) is 0. The van der Waals surface area contributed by atoms with Crippen molar-refractivity contribution < 1.29 is 19.2 Å². The molecule has 0 unspecified atom stereocenters. The van der Waals surface area contributed by atoms with Crippen LogP contribution in [-0.2, 0) is 4.74 Å². The Kier molecular flexibility index (Phi) is 7.12. The van der Waals surface area contributed by atoms with Crippen LogP contribution in [0.25, 0.3) is 0 Å². The van der Waals surface area contributed by atoms with Crippen molar-refractivity contribution in [2.75, 3.05) is 26.2 Å². The topological polar surface area (TPSA) is 102 Å². The van der Waals surface area contributed by atoms with E-state index in [9.17, 15) is 19.7 Å². The maximum absolute atomic E-state index is 12.6. The molecule has 0 spiro atoms. The van der Waals surface area contributed by atoms with E-state index < -0.39 is 10.9 Å². The van der Waals surface area contributed by atoms with Gasteiger partial charge in [-0.2, -0.15) is 0 Å². The van der Waals surface area contributed by atoms with E-state index in [2.05, 4.69) is 5.32 Å². The van der Waals surface area contributed by atoms with Gasteiger partial charge in [0.2, 0.25) is 0 Å². The van der Waals surface area contributed by atoms with Crippen molar-refractivity contribution in [1.82, 2.24) is 10.2 Å². The average molecular weight is 358 g/mol. The first-order chi connectivity index (χ1) is 10.9. The Labute approximate surface area is 145 Å². The van der Waals surface area contributed by atoms with E-state index in [-0.39, 0.29) is 47.8 Å². The molecule has 0 saturated carbocycles. The van der Waals surface area contributed by atoms with Crippen molar-refractivity contribution in [3.05, 3.63) is 39.4 Å². The normalized spacial score (nSPS) is 16.9. The monoisotopic (exact) mass is 357 g/mol. The Morgan fingerprint density at radius 2 is 2.04 bits per heavy atom. The molecule has 0 bridgehead atoms. The van der Waals surface area contributed by atoms with Crippen LogP contribution in [0.15, 0.2) is 18.2 Å². The summed E-state index contributed by atoms with van der Waals surface area (Å²) in [5.74, 6) is -1.01. The largest absolute Gasteiger partial charge is 0.462 e. The molecule has 8 nitrogen and oxygen atoms in total. The molecule has 1 N–H and O–H groups in total. The Morgan fingerprint density at radius 3 is 2.62 bits per heavy atom. The van der Waals surface area contributed by atoms with Crippen LogP contribution in [0, 0.1) is 10.1 Å². The number of benzene rings is 1. The van der Waals surface area contributed by atoms with Crippen molar-refractivity contribution in [2.45, 2.75) is 19.9 Å². The van der Waals surface area contributed by atoms with Gasteiger partial charge in [-0.3, -0.25) is 14.9 Å². The van der Waals surface area contributed by atoms with Gasteiger partial charge in [-0.05, 0) is 19.9 Å². The molecule has 1 fully saturated rings. The molecule has 1 aliphatic rings. The van der Waals surface area contributed by atoms with E-state index in [1.165, 1.54) is 12.1 Å². The number of hydrogen-bond donors (Lipinski definition) is 1. The minimum Gasteiger partial charge on any atom is -0.462 e. The number of nitro benzene ring substituents is 1. The van der Waals surface area contributed by atoms with Crippen LogP contribution < -0.4 is 5.32 Å². The Bertz CT molecular complexity index is 638. The zero-order valence-corrected chi connectivity index (χ0v) is 14.3. The third-order valence-electron chi connectivity index (χ3n) is 3.54. The molecule has 1 atom stereocenters. The lowest BCUT2D eigenvalue weighted by Gasteiger charge is -2.32. The first-order valence-corrected chi connectivity index (χ1v) is 7.41. The van der Waals surface area contributed by atoms with Crippen LogP contribution >= 0.6 is 12.4 Å². The zero-order chi connectivity index (χ0) is 17.0. The van der Waals surface area contributed by atoms with Crippen molar-refractivity contribution >= 4 is 30.0 Å². The third-order valence-corrected chi connectivity index (χ3v) is 3.54. The van der Waals surface area contributed by atoms with E-state index >= 15 is 0 Å². The number of esters is 1. The maximum atomic E-state index is 12.6. The lowest BCUT2D eigenvalue weighted by Crippen LogP contribution is -2.51. The molecular formula is C15H20ClN3O5. The molecule has 9 heteroatoms. The minimum atomic E-state index is -0.682. The number of nitrogens with zero attached hydrogens (tertiary/aromatic N) is 2. The lowest BCUT2D eigenvalue weighted by atomic mass is 10.1. The van der Waals surface area contributed by atoms with Crippen LogP contribution in [0.2, 0.25) is 0 Å². The number of piperazine rings is 1. The molecule has 0 aromatic heterocycles. The van der Waals surface area contributed by atoms with Crippen LogP contribution in [0.3, 0.4) is 0 Å². The second kappa shape index (κ2) is 8.60. The summed E-state index contributed by atoms with van der Waals surface area (Å²) in [5.41, 5.74) is -0.175. The van der Waals surface area contributed by atoms with Gasteiger partial charge in [0.15, 0.2) is 0 Å². The molecule has 1 saturated heterocycles. The number of carbonyl (C=O) groups is 2. The van der Waals surface area contributed by atoms with Gasteiger partial charge in [0.05, 0.1) is 17.1 Å². The second-order valence-corrected chi connectivity index (χ2v) is 5.35. The van der Waals surface area contributed by atoms with Crippen molar-refractivity contribution in [3.8, 4) is 0 Å². The number of hydrogen-bond acceptors (Lipinski definition) is 6. The van der Waals surface area contributed by atoms with Gasteiger partial charge in [-0.1, -0.05) is 0 Å². The molecule has 1 aromatic rings. The molecule has 24 heavy (non-hydrogen) atoms. The number of nitro groups is 1. The first-order valence-electron chi connectivity index (χ1n) is 7.41. The van der Waals surface area contributed by atoms with Gasteiger partial charge in [0, 0.05) is 43.4 Å². The van der Waals surface area contributed by atoms with Crippen LogP contribution in [-0.4, -0.2) is 54.0 Å². The fraction of sp³-hybridized carbons (Fsp3) is 0.467. The Hall–Kier alpha value is -2.19. The fourth-order valence-corrected chi connectivity index (χ4v) is 2.47. The second-order valence-electron chi connectivity index (χ2n) is 5.35. The quantitative estimate of drug-likeness (QED) is 0.499. The summed E-state index contributed by atoms with van der Waals surface area (Å²) in [5, 5.41) is 14.3. The standard InChI is InChI=1S/C15H19N3O5.ClH/c1-3-23-15(20)12-6-11(7-13(8-12)18(21)22)14(19)17-5-4-16-10(2)9-17;/h6-8,10,16H,3-5,9H2,1-2H3;1H/t10-;/m1./s1. The lowest BCUT2D eigenvalue weighted by molar-refractivity contribution is -0.384. The number of non-ortho nitro benzene ring substituents is 1. The molecular weight excluding hydrogens is 338 g/mol. The van der Waals surface area contributed by atoms with Crippen LogP contribution in [0.1, 0.15) is 34.6 Å². The highest BCUT2D eigenvalue weighted by Crippen LogP contribution is 2.20. The Balaban J connectivity index is 0.00000288. The summed E-state index contributed by atoms with van der Waals surface area (Å²) in [7, 11) is 0. The molecule has 1 aromatic carbocycles. The van der Waals surface area contributed by atoms with E-state index in [1.54, 1.807) is 11.8 Å². The predicted molar refractivity (Wildman–Crippen MR) is 89.7 cm³/mol. The van der Waals surface area contributed by atoms with E-state index in [1.807, 2.05) is 6.92 Å². The van der Waals surface area contributed by atoms with Gasteiger partial charge in [-0.15, -0.1) is 12.4 Å². The highest BCUT2D eigenvalue weighted by molar-refractivity contribution is 5.99. The fourth-order valence-electron chi connectivity index (χ4n) is 2.47. The van der Waals surface area contributed by atoms with Crippen molar-refractivity contribution in [2.24, 2.45) is 0 Å². The summed E-state index contributed by atoms with van der Waals surface area (Å²) in [4.78, 5) is 36.5. The van der Waals surface area contributed by atoms with Gasteiger partial charge < -0.3 is 15.0 Å². The number of halogens is 1. The highest BCUT2D eigenvalue weighted by atomic mass is 35.5. The van der Waals surface area contributed by atoms with Gasteiger partial charge >= 0.3 is 5.97 Å². The number of carbonyl (C=O) groups excluding carboxylic acids is 2. The third kappa shape index (κ3) is 4.65. The smallest absolute Gasteiger partial charge is 0.338 e. The molecule has 1 aliphatic heterocycles. The van der Waals surface area contributed by atoms with Crippen LogP contribution in [0.4, 0.5) is 5.69 Å². The summed E-state index contributed by atoms with van der Waals surface area (Å²) in [6.45, 7) is 5.43. The van der Waals surface area contributed by atoms with Gasteiger partial charge in [-0.25, -0.2) is 4.79 Å². The summed E-state index contributed by atoms with van der Waals surface area (Å²) < 4.78 is 4.86. The van der Waals surface area contributed by atoms with Gasteiger partial charge in [0.1, 0.15) is 0 Å². The van der Waals surface area contributed by atoms with Gasteiger partial charge in [0.25, 0.3) is 11.6 Å². The Morgan fingerprint density at radius 1 is 1.38 bits per heavy atom. The van der Waals surface area contributed by atoms with E-state index in [0.29, 0.717) is 19.6 Å². The highest BCUT2D eigenvalue weighted by Gasteiger charge is 2.25.